The van der Waals surface area contributed by atoms with E-state index in [2.05, 4.69) is 10.2 Å². The first-order valence-electron chi connectivity index (χ1n) is 7.03. The maximum absolute atomic E-state index is 12.0. The molecule has 0 aromatic carbocycles. The molecule has 2 amide bonds. The van der Waals surface area contributed by atoms with Gasteiger partial charge >= 0.3 is 12.0 Å². The molecule has 0 radical (unpaired) electrons. The van der Waals surface area contributed by atoms with Crippen LogP contribution in [0.1, 0.15) is 33.1 Å². The zero-order chi connectivity index (χ0) is 14.3. The van der Waals surface area contributed by atoms with Gasteiger partial charge in [-0.15, -0.1) is 0 Å². The third-order valence-corrected chi connectivity index (χ3v) is 3.59. The highest BCUT2D eigenvalue weighted by atomic mass is 16.4. The van der Waals surface area contributed by atoms with Crippen molar-refractivity contribution in [1.29, 1.82) is 0 Å². The number of hydrogen-bond donors (Lipinski definition) is 2. The minimum absolute atomic E-state index is 0.0668. The highest BCUT2D eigenvalue weighted by Crippen LogP contribution is 2.06. The molecule has 1 fully saturated rings. The number of carboxylic acid groups (broad SMARTS) is 1. The molecule has 0 aliphatic carbocycles. The molecule has 1 aliphatic rings. The zero-order valence-corrected chi connectivity index (χ0v) is 11.9. The predicted molar refractivity (Wildman–Crippen MR) is 73.2 cm³/mol. The third-order valence-electron chi connectivity index (χ3n) is 3.59. The van der Waals surface area contributed by atoms with E-state index in [0.29, 0.717) is 6.54 Å². The van der Waals surface area contributed by atoms with Crippen LogP contribution in [0.25, 0.3) is 0 Å². The van der Waals surface area contributed by atoms with Crippen molar-refractivity contribution >= 4 is 12.0 Å². The average Bonchev–Trinajstić information content (AvgIpc) is 2.87. The van der Waals surface area contributed by atoms with Crippen LogP contribution in [0.2, 0.25) is 0 Å². The lowest BCUT2D eigenvalue weighted by Gasteiger charge is -2.27. The summed E-state index contributed by atoms with van der Waals surface area (Å²) in [4.78, 5) is 26.5. The number of nitrogens with one attached hydrogen (secondary N) is 1. The van der Waals surface area contributed by atoms with E-state index in [1.54, 1.807) is 0 Å². The summed E-state index contributed by atoms with van der Waals surface area (Å²) in [7, 11) is 0. The van der Waals surface area contributed by atoms with Gasteiger partial charge in [0.2, 0.25) is 0 Å². The van der Waals surface area contributed by atoms with E-state index >= 15 is 0 Å². The van der Waals surface area contributed by atoms with E-state index < -0.39 is 5.97 Å². The summed E-state index contributed by atoms with van der Waals surface area (Å²) in [6, 6.07) is -0.348. The summed E-state index contributed by atoms with van der Waals surface area (Å²) >= 11 is 0. The first kappa shape index (κ1) is 15.8. The van der Waals surface area contributed by atoms with Crippen molar-refractivity contribution in [3.63, 3.8) is 0 Å². The topological polar surface area (TPSA) is 72.9 Å². The lowest BCUT2D eigenvalue weighted by molar-refractivity contribution is -0.138. The Morgan fingerprint density at radius 2 is 2.00 bits per heavy atom. The standard InChI is InChI=1S/C13H25N3O3/c1-3-11(2)16(10-12(17)18)13(19)14-6-9-15-7-4-5-8-15/h11H,3-10H2,1-2H3,(H,14,19)(H,17,18). The number of nitrogens with zero attached hydrogens (tertiary/aromatic N) is 2. The normalized spacial score (nSPS) is 17.2. The van der Waals surface area contributed by atoms with Crippen LogP contribution in [0.15, 0.2) is 0 Å². The Morgan fingerprint density at radius 3 is 2.53 bits per heavy atom. The predicted octanol–water partition coefficient (Wildman–Crippen LogP) is 0.977. The molecule has 0 bridgehead atoms. The van der Waals surface area contributed by atoms with Gasteiger partial charge in [-0.25, -0.2) is 4.79 Å². The molecule has 1 saturated heterocycles. The maximum Gasteiger partial charge on any atom is 0.323 e. The molecule has 110 valence electrons. The Hall–Kier alpha value is -1.30. The van der Waals surface area contributed by atoms with Crippen molar-refractivity contribution in [2.24, 2.45) is 0 Å². The van der Waals surface area contributed by atoms with Gasteiger partial charge in [0.25, 0.3) is 0 Å². The summed E-state index contributed by atoms with van der Waals surface area (Å²) in [5.41, 5.74) is 0. The van der Waals surface area contributed by atoms with Gasteiger partial charge < -0.3 is 20.2 Å². The minimum atomic E-state index is -0.977. The monoisotopic (exact) mass is 271 g/mol. The number of amides is 2. The van der Waals surface area contributed by atoms with Crippen LogP contribution in [-0.2, 0) is 4.79 Å². The van der Waals surface area contributed by atoms with E-state index in [0.717, 1.165) is 26.1 Å². The second-order valence-corrected chi connectivity index (χ2v) is 5.06. The lowest BCUT2D eigenvalue weighted by Crippen LogP contribution is -2.48. The number of urea groups is 1. The van der Waals surface area contributed by atoms with Gasteiger partial charge in [-0.3, -0.25) is 4.79 Å². The van der Waals surface area contributed by atoms with Gasteiger partial charge in [-0.2, -0.15) is 0 Å². The highest BCUT2D eigenvalue weighted by Gasteiger charge is 2.21. The number of carboxylic acids is 1. The quantitative estimate of drug-likeness (QED) is 0.724. The SMILES string of the molecule is CCC(C)N(CC(=O)O)C(=O)NCCN1CCCC1. The Balaban J connectivity index is 2.35. The fraction of sp³-hybridized carbons (Fsp3) is 0.846. The number of rotatable bonds is 7. The van der Waals surface area contributed by atoms with E-state index in [1.165, 1.54) is 17.7 Å². The van der Waals surface area contributed by atoms with Crippen molar-refractivity contribution in [2.75, 3.05) is 32.7 Å². The molecule has 1 unspecified atom stereocenters. The molecule has 1 aliphatic heterocycles. The Labute approximate surface area is 114 Å². The summed E-state index contributed by atoms with van der Waals surface area (Å²) < 4.78 is 0. The molecule has 6 heteroatoms. The van der Waals surface area contributed by atoms with Gasteiger partial charge in [-0.05, 0) is 39.3 Å². The summed E-state index contributed by atoms with van der Waals surface area (Å²) in [6.07, 6.45) is 3.20. The van der Waals surface area contributed by atoms with Gasteiger partial charge in [-0.1, -0.05) is 6.92 Å². The van der Waals surface area contributed by atoms with Crippen LogP contribution in [0.5, 0.6) is 0 Å². The Kier molecular flexibility index (Phi) is 6.62. The van der Waals surface area contributed by atoms with Crippen LogP contribution in [0.4, 0.5) is 4.79 Å². The first-order valence-corrected chi connectivity index (χ1v) is 7.03. The van der Waals surface area contributed by atoms with Crippen LogP contribution in [0.3, 0.4) is 0 Å². The largest absolute Gasteiger partial charge is 0.480 e. The second kappa shape index (κ2) is 7.99. The molecule has 19 heavy (non-hydrogen) atoms. The maximum atomic E-state index is 12.0. The molecular weight excluding hydrogens is 246 g/mol. The molecule has 0 spiro atoms. The molecule has 1 rings (SSSR count). The first-order chi connectivity index (χ1) is 9.04. The average molecular weight is 271 g/mol. The number of aliphatic carboxylic acids is 1. The van der Waals surface area contributed by atoms with Crippen LogP contribution >= 0.6 is 0 Å². The van der Waals surface area contributed by atoms with Crippen molar-refractivity contribution in [3.05, 3.63) is 0 Å². The fourth-order valence-electron chi connectivity index (χ4n) is 2.22. The molecule has 6 nitrogen and oxygen atoms in total. The number of hydrogen-bond acceptors (Lipinski definition) is 3. The summed E-state index contributed by atoms with van der Waals surface area (Å²) in [5.74, 6) is -0.977. The van der Waals surface area contributed by atoms with Crippen molar-refractivity contribution in [2.45, 2.75) is 39.2 Å². The molecule has 0 aromatic rings. The molecule has 0 saturated carbocycles. The van der Waals surface area contributed by atoms with Crippen molar-refractivity contribution in [1.82, 2.24) is 15.1 Å². The van der Waals surface area contributed by atoms with E-state index in [1.807, 2.05) is 13.8 Å². The van der Waals surface area contributed by atoms with E-state index in [4.69, 9.17) is 5.11 Å². The fourth-order valence-corrected chi connectivity index (χ4v) is 2.22. The second-order valence-electron chi connectivity index (χ2n) is 5.06. The van der Waals surface area contributed by atoms with Gasteiger partial charge in [0.15, 0.2) is 0 Å². The minimum Gasteiger partial charge on any atom is -0.480 e. The van der Waals surface area contributed by atoms with E-state index in [9.17, 15) is 9.59 Å². The molecular formula is C13H25N3O3. The Morgan fingerprint density at radius 1 is 1.37 bits per heavy atom. The van der Waals surface area contributed by atoms with Crippen LogP contribution < -0.4 is 5.32 Å². The van der Waals surface area contributed by atoms with Gasteiger partial charge in [0.1, 0.15) is 6.54 Å². The zero-order valence-electron chi connectivity index (χ0n) is 11.9. The molecule has 2 N–H and O–H groups in total. The molecule has 0 aromatic heterocycles. The number of likely N-dealkylation sites (tertiary alicyclic amines) is 1. The lowest BCUT2D eigenvalue weighted by atomic mass is 10.2. The molecule has 1 atom stereocenters. The Bertz CT molecular complexity index is 304. The smallest absolute Gasteiger partial charge is 0.323 e. The van der Waals surface area contributed by atoms with Crippen LogP contribution in [-0.4, -0.2) is 65.7 Å². The number of carbonyl (C=O) groups excluding carboxylic acids is 1. The number of carbonyl (C=O) groups is 2. The molecule has 1 heterocycles. The summed E-state index contributed by atoms with van der Waals surface area (Å²) in [5, 5.41) is 11.7. The van der Waals surface area contributed by atoms with E-state index in [-0.39, 0.29) is 18.6 Å². The van der Waals surface area contributed by atoms with Gasteiger partial charge in [0.05, 0.1) is 0 Å². The van der Waals surface area contributed by atoms with Gasteiger partial charge in [0, 0.05) is 19.1 Å². The van der Waals surface area contributed by atoms with Crippen molar-refractivity contribution in [3.8, 4) is 0 Å². The summed E-state index contributed by atoms with van der Waals surface area (Å²) in [6.45, 7) is 7.17. The highest BCUT2D eigenvalue weighted by molar-refractivity contribution is 5.80. The van der Waals surface area contributed by atoms with Crippen molar-refractivity contribution < 1.29 is 14.7 Å². The van der Waals surface area contributed by atoms with Crippen LogP contribution in [0, 0.1) is 0 Å². The third kappa shape index (κ3) is 5.46.